The molecule has 1 fully saturated rings. The molecule has 1 aromatic heterocycles. The van der Waals surface area contributed by atoms with Gasteiger partial charge in [-0.3, -0.25) is 4.79 Å². The summed E-state index contributed by atoms with van der Waals surface area (Å²) in [7, 11) is 0. The zero-order chi connectivity index (χ0) is 26.6. The van der Waals surface area contributed by atoms with E-state index in [2.05, 4.69) is 25.5 Å². The lowest BCUT2D eigenvalue weighted by molar-refractivity contribution is -0.207. The Morgan fingerprint density at radius 2 is 1.61 bits per heavy atom. The van der Waals surface area contributed by atoms with Gasteiger partial charge in [-0.2, -0.15) is 0 Å². The average Bonchev–Trinajstić information content (AvgIpc) is 2.81. The number of rotatable bonds is 8. The number of aliphatic carboxylic acids is 1. The van der Waals surface area contributed by atoms with E-state index >= 15 is 0 Å². The molecule has 1 amide bonds. The lowest BCUT2D eigenvalue weighted by Gasteiger charge is -2.44. The normalized spacial score (nSPS) is 16.8. The van der Waals surface area contributed by atoms with Crippen molar-refractivity contribution in [2.75, 3.05) is 29.9 Å². The number of carboxylic acids is 1. The summed E-state index contributed by atoms with van der Waals surface area (Å²) in [5.74, 6) is -0.783. The fourth-order valence-electron chi connectivity index (χ4n) is 4.39. The molecule has 1 unspecified atom stereocenters. The Bertz CT molecular complexity index is 1020. The number of nitrogens with one attached hydrogen (secondary N) is 2. The van der Waals surface area contributed by atoms with Gasteiger partial charge in [0.1, 0.15) is 0 Å². The van der Waals surface area contributed by atoms with Crippen molar-refractivity contribution < 1.29 is 19.4 Å². The Labute approximate surface area is 213 Å². The largest absolute Gasteiger partial charge is 0.479 e. The van der Waals surface area contributed by atoms with Gasteiger partial charge in [0.15, 0.2) is 5.60 Å². The summed E-state index contributed by atoms with van der Waals surface area (Å²) in [5, 5.41) is 16.3. The number of nitrogens with zero attached hydrogens (tertiary/aromatic N) is 3. The molecular formula is C27H39N5O4. The summed E-state index contributed by atoms with van der Waals surface area (Å²) in [6.45, 7) is 12.5. The van der Waals surface area contributed by atoms with Crippen molar-refractivity contribution in [3.05, 3.63) is 48.3 Å². The molecular weight excluding hydrogens is 458 g/mol. The van der Waals surface area contributed by atoms with Crippen LogP contribution in [0.15, 0.2) is 42.7 Å². The third-order valence-corrected chi connectivity index (χ3v) is 6.42. The number of ether oxygens (including phenoxy) is 1. The molecule has 0 aliphatic carbocycles. The molecule has 0 bridgehead atoms. The first-order valence-electron chi connectivity index (χ1n) is 12.4. The third-order valence-electron chi connectivity index (χ3n) is 6.42. The minimum absolute atomic E-state index is 0.144. The van der Waals surface area contributed by atoms with Crippen LogP contribution in [0, 0.1) is 5.41 Å². The summed E-state index contributed by atoms with van der Waals surface area (Å²) in [6.07, 6.45) is 5.37. The quantitative estimate of drug-likeness (QED) is 0.502. The molecule has 1 atom stereocenters. The fraction of sp³-hybridized carbons (Fsp3) is 0.556. The monoisotopic (exact) mass is 497 g/mol. The molecule has 1 aromatic carbocycles. The van der Waals surface area contributed by atoms with Gasteiger partial charge in [0, 0.05) is 48.2 Å². The van der Waals surface area contributed by atoms with E-state index in [-0.39, 0.29) is 12.5 Å². The van der Waals surface area contributed by atoms with E-state index in [0.29, 0.717) is 17.6 Å². The first-order valence-corrected chi connectivity index (χ1v) is 12.4. The van der Waals surface area contributed by atoms with E-state index < -0.39 is 22.6 Å². The minimum Gasteiger partial charge on any atom is -0.479 e. The summed E-state index contributed by atoms with van der Waals surface area (Å²) < 4.78 is 6.05. The van der Waals surface area contributed by atoms with Crippen LogP contribution in [0.5, 0.6) is 0 Å². The summed E-state index contributed by atoms with van der Waals surface area (Å²) in [4.78, 5) is 36.0. The van der Waals surface area contributed by atoms with Gasteiger partial charge >= 0.3 is 5.97 Å². The predicted molar refractivity (Wildman–Crippen MR) is 140 cm³/mol. The van der Waals surface area contributed by atoms with Crippen molar-refractivity contribution in [1.29, 1.82) is 0 Å². The third kappa shape index (κ3) is 6.72. The van der Waals surface area contributed by atoms with Crippen molar-refractivity contribution in [2.24, 2.45) is 5.41 Å². The van der Waals surface area contributed by atoms with Gasteiger partial charge < -0.3 is 25.4 Å². The minimum atomic E-state index is -1.58. The number of hydrogen-bond donors (Lipinski definition) is 3. The zero-order valence-electron chi connectivity index (χ0n) is 22.2. The molecule has 36 heavy (non-hydrogen) atoms. The van der Waals surface area contributed by atoms with Crippen molar-refractivity contribution in [2.45, 2.75) is 71.6 Å². The summed E-state index contributed by atoms with van der Waals surface area (Å²) in [6, 6.07) is 9.53. The van der Waals surface area contributed by atoms with Gasteiger partial charge in [0.2, 0.25) is 5.95 Å². The highest BCUT2D eigenvalue weighted by Crippen LogP contribution is 2.37. The van der Waals surface area contributed by atoms with Gasteiger partial charge in [-0.1, -0.05) is 20.8 Å². The number of hydrogen-bond acceptors (Lipinski definition) is 7. The lowest BCUT2D eigenvalue weighted by atomic mass is 9.75. The topological polar surface area (TPSA) is 117 Å². The number of carbonyl (C=O) groups is 2. The van der Waals surface area contributed by atoms with Crippen LogP contribution < -0.4 is 15.5 Å². The van der Waals surface area contributed by atoms with Crippen LogP contribution in [0.1, 0.15) is 64.7 Å². The fourth-order valence-corrected chi connectivity index (χ4v) is 4.39. The van der Waals surface area contributed by atoms with Gasteiger partial charge in [0.05, 0.1) is 12.1 Å². The van der Waals surface area contributed by atoms with Gasteiger partial charge in [-0.15, -0.1) is 0 Å². The Morgan fingerprint density at radius 1 is 1.03 bits per heavy atom. The maximum Gasteiger partial charge on any atom is 0.338 e. The van der Waals surface area contributed by atoms with Crippen molar-refractivity contribution in [1.82, 2.24) is 15.3 Å². The Hall–Kier alpha value is -3.20. The Morgan fingerprint density at radius 3 is 2.11 bits per heavy atom. The van der Waals surface area contributed by atoms with Crippen molar-refractivity contribution in [3.63, 3.8) is 0 Å². The predicted octanol–water partition coefficient (Wildman–Crippen LogP) is 3.97. The second-order valence-corrected chi connectivity index (χ2v) is 11.3. The molecule has 9 nitrogen and oxygen atoms in total. The maximum absolute atomic E-state index is 12.9. The zero-order valence-corrected chi connectivity index (χ0v) is 22.2. The first-order chi connectivity index (χ1) is 16.8. The maximum atomic E-state index is 12.9. The van der Waals surface area contributed by atoms with Crippen LogP contribution >= 0.6 is 0 Å². The van der Waals surface area contributed by atoms with E-state index in [4.69, 9.17) is 4.74 Å². The lowest BCUT2D eigenvalue weighted by Crippen LogP contribution is -2.61. The average molecular weight is 498 g/mol. The number of anilines is 2. The number of carboxylic acid groups (broad SMARTS) is 1. The highest BCUT2D eigenvalue weighted by molar-refractivity contribution is 5.95. The molecule has 2 heterocycles. The van der Waals surface area contributed by atoms with Crippen LogP contribution in [0.25, 0.3) is 0 Å². The van der Waals surface area contributed by atoms with E-state index in [0.717, 1.165) is 31.6 Å². The second-order valence-electron chi connectivity index (χ2n) is 11.3. The standard InChI is InChI=1S/C27H39N5O4/c1-25(2,3)27(23(34)35,36-26(4,5)6)18-30-22(33)19-8-10-21(11-9-19)32-16-12-20(13-17-32)31-24-28-14-7-15-29-24/h7-11,14-15,20H,12-13,16-18H2,1-6H3,(H,30,33)(H,34,35)(H,28,29,31). The van der Waals surface area contributed by atoms with Gasteiger partial charge in [-0.05, 0) is 63.9 Å². The Kier molecular flexibility index (Phi) is 8.23. The molecule has 3 rings (SSSR count). The van der Waals surface area contributed by atoms with E-state index in [1.54, 1.807) is 51.4 Å². The number of benzene rings is 1. The summed E-state index contributed by atoms with van der Waals surface area (Å²) >= 11 is 0. The van der Waals surface area contributed by atoms with E-state index in [1.807, 2.05) is 32.9 Å². The van der Waals surface area contributed by atoms with Crippen LogP contribution in [0.4, 0.5) is 11.6 Å². The molecule has 196 valence electrons. The number of carbonyl (C=O) groups excluding carboxylic acids is 1. The molecule has 0 radical (unpaired) electrons. The van der Waals surface area contributed by atoms with Gasteiger partial charge in [-0.25, -0.2) is 14.8 Å². The molecule has 1 aliphatic heterocycles. The van der Waals surface area contributed by atoms with Crippen LogP contribution in [0.3, 0.4) is 0 Å². The highest BCUT2D eigenvalue weighted by Gasteiger charge is 2.52. The molecule has 2 aromatic rings. The molecule has 1 aliphatic rings. The van der Waals surface area contributed by atoms with Crippen LogP contribution in [-0.4, -0.2) is 63.8 Å². The first kappa shape index (κ1) is 27.4. The molecule has 0 saturated carbocycles. The summed E-state index contributed by atoms with van der Waals surface area (Å²) in [5.41, 5.74) is -1.51. The van der Waals surface area contributed by atoms with Crippen LogP contribution in [-0.2, 0) is 9.53 Å². The number of amides is 1. The van der Waals surface area contributed by atoms with Crippen molar-refractivity contribution in [3.8, 4) is 0 Å². The number of piperidine rings is 1. The molecule has 0 spiro atoms. The number of aromatic nitrogens is 2. The molecule has 1 saturated heterocycles. The smallest absolute Gasteiger partial charge is 0.338 e. The van der Waals surface area contributed by atoms with Gasteiger partial charge in [0.25, 0.3) is 5.91 Å². The molecule has 3 N–H and O–H groups in total. The van der Waals surface area contributed by atoms with E-state index in [9.17, 15) is 14.7 Å². The highest BCUT2D eigenvalue weighted by atomic mass is 16.5. The van der Waals surface area contributed by atoms with Crippen molar-refractivity contribution >= 4 is 23.5 Å². The second kappa shape index (κ2) is 10.8. The van der Waals surface area contributed by atoms with Crippen LogP contribution in [0.2, 0.25) is 0 Å². The SMILES string of the molecule is CC(C)(C)OC(CNC(=O)c1ccc(N2CCC(Nc3ncccn3)CC2)cc1)(C(=O)O)C(C)(C)C. The van der Waals surface area contributed by atoms with E-state index in [1.165, 1.54) is 0 Å². The Balaban J connectivity index is 1.60. The molecule has 9 heteroatoms.